The van der Waals surface area contributed by atoms with Crippen LogP contribution in [0.4, 0.5) is 0 Å². The van der Waals surface area contributed by atoms with E-state index in [1.165, 1.54) is 17.0 Å². The molecule has 4 heteroatoms. The Morgan fingerprint density at radius 2 is 1.95 bits per heavy atom. The van der Waals surface area contributed by atoms with Gasteiger partial charge in [0, 0.05) is 17.8 Å². The minimum absolute atomic E-state index is 0.139. The SMILES string of the molecule is CCCNC(C)(CO)CCCCn1nc(C)c(CC)c1C. The molecule has 0 aliphatic heterocycles. The molecule has 2 N–H and O–H groups in total. The number of unbranched alkanes of at least 4 members (excludes halogenated alkanes) is 1. The first kappa shape index (κ1) is 18.2. The summed E-state index contributed by atoms with van der Waals surface area (Å²) in [6.45, 7) is 12.9. The highest BCUT2D eigenvalue weighted by Crippen LogP contribution is 2.17. The van der Waals surface area contributed by atoms with E-state index in [9.17, 15) is 5.11 Å². The summed E-state index contributed by atoms with van der Waals surface area (Å²) in [5, 5.41) is 17.7. The van der Waals surface area contributed by atoms with Crippen LogP contribution in [0.15, 0.2) is 0 Å². The minimum Gasteiger partial charge on any atom is -0.394 e. The molecule has 1 aromatic heterocycles. The van der Waals surface area contributed by atoms with E-state index in [1.807, 2.05) is 0 Å². The maximum atomic E-state index is 9.56. The molecule has 0 saturated heterocycles. The van der Waals surface area contributed by atoms with Gasteiger partial charge in [0.25, 0.3) is 0 Å². The van der Waals surface area contributed by atoms with Crippen molar-refractivity contribution in [2.45, 2.75) is 78.8 Å². The normalized spacial score (nSPS) is 14.4. The van der Waals surface area contributed by atoms with Crippen LogP contribution in [0.5, 0.6) is 0 Å². The molecule has 4 nitrogen and oxygen atoms in total. The van der Waals surface area contributed by atoms with E-state index in [0.717, 1.165) is 45.2 Å². The zero-order valence-corrected chi connectivity index (χ0v) is 14.5. The highest BCUT2D eigenvalue weighted by Gasteiger charge is 2.21. The number of rotatable bonds is 10. The van der Waals surface area contributed by atoms with E-state index in [0.29, 0.717) is 0 Å². The van der Waals surface area contributed by atoms with Crippen molar-refractivity contribution in [1.82, 2.24) is 15.1 Å². The third-order valence-electron chi connectivity index (χ3n) is 4.38. The second-order valence-corrected chi connectivity index (χ2v) is 6.33. The quantitative estimate of drug-likeness (QED) is 0.652. The number of aliphatic hydroxyl groups is 1. The molecule has 0 aromatic carbocycles. The zero-order chi connectivity index (χ0) is 15.9. The molecule has 0 aliphatic rings. The minimum atomic E-state index is -0.139. The summed E-state index contributed by atoms with van der Waals surface area (Å²) in [7, 11) is 0. The van der Waals surface area contributed by atoms with Gasteiger partial charge in [-0.1, -0.05) is 13.8 Å². The van der Waals surface area contributed by atoms with Gasteiger partial charge in [0.2, 0.25) is 0 Å². The third-order valence-corrected chi connectivity index (χ3v) is 4.38. The van der Waals surface area contributed by atoms with Crippen LogP contribution in [0, 0.1) is 13.8 Å². The van der Waals surface area contributed by atoms with Crippen LogP contribution in [0.1, 0.15) is 63.4 Å². The fourth-order valence-corrected chi connectivity index (χ4v) is 2.89. The average Bonchev–Trinajstić information content (AvgIpc) is 2.75. The van der Waals surface area contributed by atoms with Crippen molar-refractivity contribution in [3.05, 3.63) is 17.0 Å². The summed E-state index contributed by atoms with van der Waals surface area (Å²) < 4.78 is 2.14. The van der Waals surface area contributed by atoms with Crippen LogP contribution < -0.4 is 5.32 Å². The van der Waals surface area contributed by atoms with Crippen LogP contribution >= 0.6 is 0 Å². The Kier molecular flexibility index (Phi) is 7.40. The highest BCUT2D eigenvalue weighted by atomic mass is 16.3. The first-order valence-corrected chi connectivity index (χ1v) is 8.36. The number of aromatic nitrogens is 2. The van der Waals surface area contributed by atoms with E-state index in [2.05, 4.69) is 49.7 Å². The van der Waals surface area contributed by atoms with Gasteiger partial charge in [-0.2, -0.15) is 5.10 Å². The largest absolute Gasteiger partial charge is 0.394 e. The first-order valence-electron chi connectivity index (χ1n) is 8.36. The van der Waals surface area contributed by atoms with E-state index in [4.69, 9.17) is 0 Å². The molecule has 1 atom stereocenters. The Hall–Kier alpha value is -0.870. The van der Waals surface area contributed by atoms with Crippen molar-refractivity contribution in [2.24, 2.45) is 0 Å². The number of nitrogens with one attached hydrogen (secondary N) is 1. The van der Waals surface area contributed by atoms with Gasteiger partial charge in [-0.15, -0.1) is 0 Å². The number of hydrogen-bond donors (Lipinski definition) is 2. The van der Waals surface area contributed by atoms with Crippen molar-refractivity contribution in [3.8, 4) is 0 Å². The maximum absolute atomic E-state index is 9.56. The van der Waals surface area contributed by atoms with Gasteiger partial charge < -0.3 is 10.4 Å². The molecule has 0 spiro atoms. The Morgan fingerprint density at radius 3 is 2.48 bits per heavy atom. The molecule has 1 heterocycles. The molecule has 21 heavy (non-hydrogen) atoms. The second kappa shape index (κ2) is 8.54. The highest BCUT2D eigenvalue weighted by molar-refractivity contribution is 5.24. The van der Waals surface area contributed by atoms with Gasteiger partial charge in [-0.3, -0.25) is 4.68 Å². The lowest BCUT2D eigenvalue weighted by molar-refractivity contribution is 0.162. The van der Waals surface area contributed by atoms with Gasteiger partial charge in [0.15, 0.2) is 0 Å². The topological polar surface area (TPSA) is 50.1 Å². The van der Waals surface area contributed by atoms with Crippen molar-refractivity contribution < 1.29 is 5.11 Å². The maximum Gasteiger partial charge on any atom is 0.0628 e. The van der Waals surface area contributed by atoms with Crippen LogP contribution in [0.3, 0.4) is 0 Å². The van der Waals surface area contributed by atoms with Crippen LogP contribution in [-0.4, -0.2) is 33.6 Å². The van der Waals surface area contributed by atoms with Gasteiger partial charge in [-0.25, -0.2) is 0 Å². The molecule has 0 aliphatic carbocycles. The summed E-state index contributed by atoms with van der Waals surface area (Å²) >= 11 is 0. The van der Waals surface area contributed by atoms with Crippen molar-refractivity contribution in [3.63, 3.8) is 0 Å². The van der Waals surface area contributed by atoms with E-state index in [1.54, 1.807) is 0 Å². The van der Waals surface area contributed by atoms with E-state index in [-0.39, 0.29) is 12.1 Å². The van der Waals surface area contributed by atoms with E-state index >= 15 is 0 Å². The summed E-state index contributed by atoms with van der Waals surface area (Å²) in [4.78, 5) is 0. The third kappa shape index (κ3) is 5.11. The standard InChI is InChI=1S/C17H33N3O/c1-6-11-18-17(5,13-21)10-8-9-12-20-15(4)16(7-2)14(3)19-20/h18,21H,6-13H2,1-5H3. The molecule has 0 bridgehead atoms. The van der Waals surface area contributed by atoms with Crippen molar-refractivity contribution >= 4 is 0 Å². The Morgan fingerprint density at radius 1 is 1.24 bits per heavy atom. The number of aryl methyl sites for hydroxylation is 2. The van der Waals surface area contributed by atoms with Gasteiger partial charge >= 0.3 is 0 Å². The van der Waals surface area contributed by atoms with Crippen LogP contribution in [-0.2, 0) is 13.0 Å². The number of nitrogens with zero attached hydrogens (tertiary/aromatic N) is 2. The second-order valence-electron chi connectivity index (χ2n) is 6.33. The molecule has 122 valence electrons. The van der Waals surface area contributed by atoms with Crippen molar-refractivity contribution in [2.75, 3.05) is 13.2 Å². The number of aliphatic hydroxyl groups excluding tert-OH is 1. The Balaban J connectivity index is 2.43. The smallest absolute Gasteiger partial charge is 0.0628 e. The molecule has 0 amide bonds. The number of hydrogen-bond acceptors (Lipinski definition) is 3. The lowest BCUT2D eigenvalue weighted by atomic mass is 9.95. The molecule has 0 fully saturated rings. The van der Waals surface area contributed by atoms with Gasteiger partial charge in [-0.05, 0) is 65.0 Å². The molecule has 1 rings (SSSR count). The summed E-state index contributed by atoms with van der Waals surface area (Å²) in [6.07, 6.45) is 5.37. The van der Waals surface area contributed by atoms with Crippen LogP contribution in [0.25, 0.3) is 0 Å². The predicted molar refractivity (Wildman–Crippen MR) is 88.7 cm³/mol. The fraction of sp³-hybridized carbons (Fsp3) is 0.824. The molecular weight excluding hydrogens is 262 g/mol. The first-order chi connectivity index (χ1) is 9.97. The summed E-state index contributed by atoms with van der Waals surface area (Å²) in [5.74, 6) is 0. The fourth-order valence-electron chi connectivity index (χ4n) is 2.89. The Bertz CT molecular complexity index is 428. The molecular formula is C17H33N3O. The lowest BCUT2D eigenvalue weighted by Gasteiger charge is -2.28. The Labute approximate surface area is 129 Å². The van der Waals surface area contributed by atoms with E-state index < -0.39 is 0 Å². The average molecular weight is 295 g/mol. The van der Waals surface area contributed by atoms with Gasteiger partial charge in [0.1, 0.15) is 0 Å². The van der Waals surface area contributed by atoms with Gasteiger partial charge in [0.05, 0.1) is 12.3 Å². The van der Waals surface area contributed by atoms with Crippen LogP contribution in [0.2, 0.25) is 0 Å². The molecule has 0 radical (unpaired) electrons. The monoisotopic (exact) mass is 295 g/mol. The molecule has 1 unspecified atom stereocenters. The molecule has 1 aromatic rings. The van der Waals surface area contributed by atoms with Crippen molar-refractivity contribution in [1.29, 1.82) is 0 Å². The summed E-state index contributed by atoms with van der Waals surface area (Å²) in [6, 6.07) is 0. The zero-order valence-electron chi connectivity index (χ0n) is 14.5. The summed E-state index contributed by atoms with van der Waals surface area (Å²) in [5.41, 5.74) is 3.73. The molecule has 0 saturated carbocycles. The lowest BCUT2D eigenvalue weighted by Crippen LogP contribution is -2.46. The predicted octanol–water partition coefficient (Wildman–Crippen LogP) is 2.98.